The van der Waals surface area contributed by atoms with Crippen LogP contribution in [-0.4, -0.2) is 39.3 Å². The Morgan fingerprint density at radius 1 is 1.12 bits per heavy atom. The number of fused-ring (bicyclic) bond motifs is 1. The molecule has 0 spiro atoms. The summed E-state index contributed by atoms with van der Waals surface area (Å²) in [6.07, 6.45) is 0. The molecule has 26 heavy (non-hydrogen) atoms. The summed E-state index contributed by atoms with van der Waals surface area (Å²) in [6, 6.07) is 13.1. The van der Waals surface area contributed by atoms with Crippen molar-refractivity contribution in [3.63, 3.8) is 0 Å². The van der Waals surface area contributed by atoms with Crippen molar-refractivity contribution in [3.8, 4) is 22.9 Å². The minimum Gasteiger partial charge on any atom is -0.486 e. The molecule has 4 rings (SSSR count). The van der Waals surface area contributed by atoms with E-state index in [0.717, 1.165) is 11.1 Å². The van der Waals surface area contributed by atoms with Crippen molar-refractivity contribution in [2.45, 2.75) is 13.5 Å². The summed E-state index contributed by atoms with van der Waals surface area (Å²) in [5.41, 5.74) is 2.63. The second-order valence-corrected chi connectivity index (χ2v) is 5.93. The molecule has 1 N–H and O–H groups in total. The molecule has 0 saturated carbocycles. The molecule has 1 aliphatic heterocycles. The van der Waals surface area contributed by atoms with Gasteiger partial charge in [-0.3, -0.25) is 4.79 Å². The molecular formula is C18H17N5O3. The van der Waals surface area contributed by atoms with Gasteiger partial charge in [0.15, 0.2) is 17.3 Å². The van der Waals surface area contributed by atoms with Gasteiger partial charge in [0.2, 0.25) is 5.91 Å². The maximum absolute atomic E-state index is 12.4. The first-order valence-electron chi connectivity index (χ1n) is 8.22. The third kappa shape index (κ3) is 3.34. The summed E-state index contributed by atoms with van der Waals surface area (Å²) in [5, 5.41) is 14.4. The maximum Gasteiger partial charge on any atom is 0.246 e. The molecule has 0 bridgehead atoms. The van der Waals surface area contributed by atoms with Crippen LogP contribution in [0.2, 0.25) is 0 Å². The molecular weight excluding hydrogens is 334 g/mol. The predicted octanol–water partition coefficient (Wildman–Crippen LogP) is 2.06. The third-order valence-corrected chi connectivity index (χ3v) is 3.96. The minimum absolute atomic E-state index is 0.00461. The monoisotopic (exact) mass is 351 g/mol. The number of benzene rings is 2. The molecule has 1 amide bonds. The second kappa shape index (κ2) is 6.83. The third-order valence-electron chi connectivity index (χ3n) is 3.96. The lowest BCUT2D eigenvalue weighted by atomic mass is 10.1. The van der Waals surface area contributed by atoms with E-state index >= 15 is 0 Å². The van der Waals surface area contributed by atoms with Crippen LogP contribution in [0.3, 0.4) is 0 Å². The first-order chi connectivity index (χ1) is 12.7. The van der Waals surface area contributed by atoms with E-state index in [2.05, 4.69) is 20.8 Å². The van der Waals surface area contributed by atoms with Crippen LogP contribution in [0.1, 0.15) is 5.56 Å². The van der Waals surface area contributed by atoms with E-state index in [1.807, 2.05) is 31.2 Å². The van der Waals surface area contributed by atoms with E-state index < -0.39 is 0 Å². The molecule has 8 nitrogen and oxygen atoms in total. The number of hydrogen-bond donors (Lipinski definition) is 1. The number of aryl methyl sites for hydroxylation is 1. The number of ether oxygens (including phenoxy) is 2. The van der Waals surface area contributed by atoms with Crippen molar-refractivity contribution in [1.82, 2.24) is 20.2 Å². The number of tetrazole rings is 1. The van der Waals surface area contributed by atoms with Crippen molar-refractivity contribution < 1.29 is 14.3 Å². The zero-order valence-electron chi connectivity index (χ0n) is 14.2. The SMILES string of the molecule is Cc1ccc(-c2nnnn2CC(=O)Nc2ccc3c(c2)OCCO3)cc1. The molecule has 0 unspecified atom stereocenters. The van der Waals surface area contributed by atoms with Gasteiger partial charge in [0.1, 0.15) is 19.8 Å². The molecule has 1 aromatic heterocycles. The van der Waals surface area contributed by atoms with Gasteiger partial charge in [0, 0.05) is 17.3 Å². The number of nitrogens with zero attached hydrogens (tertiary/aromatic N) is 4. The van der Waals surface area contributed by atoms with E-state index in [0.29, 0.717) is 36.2 Å². The van der Waals surface area contributed by atoms with Crippen LogP contribution in [0, 0.1) is 6.92 Å². The summed E-state index contributed by atoms with van der Waals surface area (Å²) in [5.74, 6) is 1.61. The fourth-order valence-electron chi connectivity index (χ4n) is 2.68. The van der Waals surface area contributed by atoms with Crippen LogP contribution in [-0.2, 0) is 11.3 Å². The molecule has 2 aromatic carbocycles. The van der Waals surface area contributed by atoms with Gasteiger partial charge in [-0.1, -0.05) is 29.8 Å². The highest BCUT2D eigenvalue weighted by Crippen LogP contribution is 2.32. The van der Waals surface area contributed by atoms with Crippen molar-refractivity contribution in [2.24, 2.45) is 0 Å². The first-order valence-corrected chi connectivity index (χ1v) is 8.22. The highest BCUT2D eigenvalue weighted by Gasteiger charge is 2.15. The lowest BCUT2D eigenvalue weighted by Crippen LogP contribution is -2.21. The topological polar surface area (TPSA) is 91.2 Å². The highest BCUT2D eigenvalue weighted by molar-refractivity contribution is 5.91. The molecule has 0 saturated heterocycles. The zero-order valence-corrected chi connectivity index (χ0v) is 14.2. The molecule has 1 aliphatic rings. The Labute approximate surface area is 149 Å². The van der Waals surface area contributed by atoms with Crippen molar-refractivity contribution in [3.05, 3.63) is 48.0 Å². The van der Waals surface area contributed by atoms with E-state index in [1.165, 1.54) is 4.68 Å². The number of carbonyl (C=O) groups excluding carboxylic acids is 1. The molecule has 0 radical (unpaired) electrons. The van der Waals surface area contributed by atoms with Gasteiger partial charge >= 0.3 is 0 Å². The summed E-state index contributed by atoms with van der Waals surface area (Å²) in [7, 11) is 0. The Bertz CT molecular complexity index is 936. The number of rotatable bonds is 4. The number of aromatic nitrogens is 4. The lowest BCUT2D eigenvalue weighted by molar-refractivity contribution is -0.116. The Kier molecular flexibility index (Phi) is 4.22. The van der Waals surface area contributed by atoms with Gasteiger partial charge < -0.3 is 14.8 Å². The van der Waals surface area contributed by atoms with Gasteiger partial charge in [-0.2, -0.15) is 0 Å². The quantitative estimate of drug-likeness (QED) is 0.774. The Hall–Kier alpha value is -3.42. The molecule has 132 valence electrons. The molecule has 2 heterocycles. The molecule has 0 aliphatic carbocycles. The first kappa shape index (κ1) is 16.1. The zero-order chi connectivity index (χ0) is 17.9. The summed E-state index contributed by atoms with van der Waals surface area (Å²) in [4.78, 5) is 12.4. The molecule has 0 atom stereocenters. The van der Waals surface area contributed by atoms with Crippen LogP contribution < -0.4 is 14.8 Å². The number of hydrogen-bond acceptors (Lipinski definition) is 6. The molecule has 3 aromatic rings. The highest BCUT2D eigenvalue weighted by atomic mass is 16.6. The second-order valence-electron chi connectivity index (χ2n) is 5.93. The smallest absolute Gasteiger partial charge is 0.246 e. The van der Waals surface area contributed by atoms with E-state index in [-0.39, 0.29) is 12.5 Å². The number of carbonyl (C=O) groups is 1. The summed E-state index contributed by atoms with van der Waals surface area (Å²) < 4.78 is 12.5. The Morgan fingerprint density at radius 3 is 2.69 bits per heavy atom. The fraction of sp³-hybridized carbons (Fsp3) is 0.222. The molecule has 8 heteroatoms. The van der Waals surface area contributed by atoms with E-state index in [9.17, 15) is 4.79 Å². The number of amides is 1. The average molecular weight is 351 g/mol. The van der Waals surface area contributed by atoms with Gasteiger partial charge in [-0.05, 0) is 29.5 Å². The van der Waals surface area contributed by atoms with Crippen LogP contribution in [0.4, 0.5) is 5.69 Å². The average Bonchev–Trinajstić information content (AvgIpc) is 3.10. The minimum atomic E-state index is -0.234. The van der Waals surface area contributed by atoms with E-state index in [1.54, 1.807) is 18.2 Å². The Balaban J connectivity index is 1.47. The standard InChI is InChI=1S/C18H17N5O3/c1-12-2-4-13(5-3-12)18-20-21-22-23(18)11-17(24)19-14-6-7-15-16(10-14)26-9-8-25-15/h2-7,10H,8-9,11H2,1H3,(H,19,24). The lowest BCUT2D eigenvalue weighted by Gasteiger charge is -2.19. The van der Waals surface area contributed by atoms with Crippen molar-refractivity contribution in [2.75, 3.05) is 18.5 Å². The summed E-state index contributed by atoms with van der Waals surface area (Å²) >= 11 is 0. The van der Waals surface area contributed by atoms with Crippen molar-refractivity contribution >= 4 is 11.6 Å². The van der Waals surface area contributed by atoms with E-state index in [4.69, 9.17) is 9.47 Å². The maximum atomic E-state index is 12.4. The number of anilines is 1. The van der Waals surface area contributed by atoms with Crippen molar-refractivity contribution in [1.29, 1.82) is 0 Å². The largest absolute Gasteiger partial charge is 0.486 e. The predicted molar refractivity (Wildman–Crippen MR) is 94.1 cm³/mol. The van der Waals surface area contributed by atoms with Gasteiger partial charge in [0.25, 0.3) is 0 Å². The van der Waals surface area contributed by atoms with Crippen LogP contribution in [0.5, 0.6) is 11.5 Å². The van der Waals surface area contributed by atoms with Crippen LogP contribution in [0.15, 0.2) is 42.5 Å². The molecule has 0 fully saturated rings. The van der Waals surface area contributed by atoms with Gasteiger partial charge in [-0.25, -0.2) is 4.68 Å². The normalized spacial score (nSPS) is 12.7. The summed E-state index contributed by atoms with van der Waals surface area (Å²) in [6.45, 7) is 3.03. The number of nitrogens with one attached hydrogen (secondary N) is 1. The van der Waals surface area contributed by atoms with Gasteiger partial charge in [-0.15, -0.1) is 5.10 Å². The fourth-order valence-corrected chi connectivity index (χ4v) is 2.68. The van der Waals surface area contributed by atoms with Gasteiger partial charge in [0.05, 0.1) is 0 Å². The van der Waals surface area contributed by atoms with Crippen LogP contribution >= 0.6 is 0 Å². The van der Waals surface area contributed by atoms with Crippen LogP contribution in [0.25, 0.3) is 11.4 Å². The Morgan fingerprint density at radius 2 is 1.88 bits per heavy atom.